The maximum Gasteiger partial charge on any atom is 0.232 e. The average Bonchev–Trinajstić information content (AvgIpc) is 2.86. The van der Waals surface area contributed by atoms with Crippen molar-refractivity contribution in [1.29, 1.82) is 0 Å². The number of aliphatic hydroxyl groups excluding tert-OH is 1. The summed E-state index contributed by atoms with van der Waals surface area (Å²) in [4.78, 5) is 4.30. The SMILES string of the molecule is CCOC(C)c1noc(C2CCCC2O)n1. The fourth-order valence-electron chi connectivity index (χ4n) is 2.12. The molecule has 2 rings (SSSR count). The molecule has 1 aromatic heterocycles. The molecule has 3 atom stereocenters. The predicted octanol–water partition coefficient (Wildman–Crippen LogP) is 1.80. The molecule has 1 heterocycles. The molecular weight excluding hydrogens is 208 g/mol. The fraction of sp³-hybridized carbons (Fsp3) is 0.818. The summed E-state index contributed by atoms with van der Waals surface area (Å²) in [5.41, 5.74) is 0. The molecule has 1 saturated carbocycles. The van der Waals surface area contributed by atoms with E-state index in [1.54, 1.807) is 0 Å². The summed E-state index contributed by atoms with van der Waals surface area (Å²) in [5, 5.41) is 13.6. The first-order valence-electron chi connectivity index (χ1n) is 5.85. The molecule has 1 N–H and O–H groups in total. The molecule has 1 aliphatic carbocycles. The van der Waals surface area contributed by atoms with Crippen LogP contribution in [0.1, 0.15) is 56.8 Å². The normalized spacial score (nSPS) is 27.2. The molecule has 1 fully saturated rings. The Morgan fingerprint density at radius 3 is 3.00 bits per heavy atom. The third-order valence-corrected chi connectivity index (χ3v) is 3.03. The number of hydrogen-bond acceptors (Lipinski definition) is 5. The van der Waals surface area contributed by atoms with Crippen molar-refractivity contribution in [2.75, 3.05) is 6.61 Å². The van der Waals surface area contributed by atoms with E-state index >= 15 is 0 Å². The summed E-state index contributed by atoms with van der Waals surface area (Å²) in [6.45, 7) is 4.44. The van der Waals surface area contributed by atoms with Crippen LogP contribution in [-0.2, 0) is 4.74 Å². The lowest BCUT2D eigenvalue weighted by Gasteiger charge is -2.08. The molecule has 5 nitrogen and oxygen atoms in total. The van der Waals surface area contributed by atoms with Gasteiger partial charge in [0, 0.05) is 6.61 Å². The number of ether oxygens (including phenoxy) is 1. The smallest absolute Gasteiger partial charge is 0.232 e. The van der Waals surface area contributed by atoms with Crippen molar-refractivity contribution in [2.24, 2.45) is 0 Å². The second kappa shape index (κ2) is 4.93. The van der Waals surface area contributed by atoms with Gasteiger partial charge in [-0.3, -0.25) is 0 Å². The van der Waals surface area contributed by atoms with Crippen LogP contribution in [-0.4, -0.2) is 28.0 Å². The van der Waals surface area contributed by atoms with E-state index in [0.29, 0.717) is 18.3 Å². The Labute approximate surface area is 94.8 Å². The molecule has 0 aromatic carbocycles. The Hall–Kier alpha value is -0.940. The lowest BCUT2D eigenvalue weighted by atomic mass is 10.1. The van der Waals surface area contributed by atoms with Gasteiger partial charge in [-0.2, -0.15) is 4.98 Å². The van der Waals surface area contributed by atoms with Crippen molar-refractivity contribution < 1.29 is 14.4 Å². The van der Waals surface area contributed by atoms with Crippen molar-refractivity contribution in [1.82, 2.24) is 10.1 Å². The van der Waals surface area contributed by atoms with E-state index in [4.69, 9.17) is 9.26 Å². The fourth-order valence-corrected chi connectivity index (χ4v) is 2.12. The number of hydrogen-bond donors (Lipinski definition) is 1. The van der Waals surface area contributed by atoms with Gasteiger partial charge < -0.3 is 14.4 Å². The van der Waals surface area contributed by atoms with E-state index in [-0.39, 0.29) is 18.1 Å². The molecular formula is C11H18N2O3. The highest BCUT2D eigenvalue weighted by atomic mass is 16.5. The Balaban J connectivity index is 2.06. The van der Waals surface area contributed by atoms with Crippen LogP contribution >= 0.6 is 0 Å². The molecule has 90 valence electrons. The first-order valence-corrected chi connectivity index (χ1v) is 5.85. The third-order valence-electron chi connectivity index (χ3n) is 3.03. The molecule has 5 heteroatoms. The summed E-state index contributed by atoms with van der Waals surface area (Å²) in [5.74, 6) is 1.12. The van der Waals surface area contributed by atoms with Crippen LogP contribution < -0.4 is 0 Å². The number of nitrogens with zero attached hydrogens (tertiary/aromatic N) is 2. The van der Waals surface area contributed by atoms with E-state index in [2.05, 4.69) is 10.1 Å². The van der Waals surface area contributed by atoms with Crippen LogP contribution in [0.5, 0.6) is 0 Å². The van der Waals surface area contributed by atoms with Gasteiger partial charge in [0.15, 0.2) is 5.82 Å². The molecule has 0 bridgehead atoms. The first kappa shape index (κ1) is 11.5. The molecule has 16 heavy (non-hydrogen) atoms. The van der Waals surface area contributed by atoms with Gasteiger partial charge in [0.2, 0.25) is 5.89 Å². The lowest BCUT2D eigenvalue weighted by molar-refractivity contribution is 0.0683. The van der Waals surface area contributed by atoms with Crippen molar-refractivity contribution in [2.45, 2.75) is 51.2 Å². The molecule has 0 saturated heterocycles. The van der Waals surface area contributed by atoms with Crippen molar-refractivity contribution in [3.8, 4) is 0 Å². The molecule has 0 amide bonds. The molecule has 1 aromatic rings. The topological polar surface area (TPSA) is 68.4 Å². The summed E-state index contributed by atoms with van der Waals surface area (Å²) in [7, 11) is 0. The third kappa shape index (κ3) is 2.25. The number of aromatic nitrogens is 2. The van der Waals surface area contributed by atoms with Crippen LogP contribution in [0, 0.1) is 0 Å². The molecule has 0 radical (unpaired) electrons. The Bertz CT molecular complexity index is 340. The minimum absolute atomic E-state index is 0.00933. The predicted molar refractivity (Wildman–Crippen MR) is 56.9 cm³/mol. The van der Waals surface area contributed by atoms with Crippen LogP contribution in [0.15, 0.2) is 4.52 Å². The van der Waals surface area contributed by atoms with E-state index in [0.717, 1.165) is 19.3 Å². The van der Waals surface area contributed by atoms with Gasteiger partial charge in [-0.25, -0.2) is 0 Å². The maximum atomic E-state index is 9.73. The van der Waals surface area contributed by atoms with Crippen LogP contribution in [0.4, 0.5) is 0 Å². The van der Waals surface area contributed by atoms with Gasteiger partial charge in [-0.05, 0) is 33.1 Å². The summed E-state index contributed by atoms with van der Waals surface area (Å²) < 4.78 is 10.6. The zero-order chi connectivity index (χ0) is 11.5. The van der Waals surface area contributed by atoms with Gasteiger partial charge in [0.25, 0.3) is 0 Å². The minimum atomic E-state index is -0.337. The van der Waals surface area contributed by atoms with Gasteiger partial charge >= 0.3 is 0 Å². The summed E-state index contributed by atoms with van der Waals surface area (Å²) >= 11 is 0. The highest BCUT2D eigenvalue weighted by molar-refractivity contribution is 5.01. The largest absolute Gasteiger partial charge is 0.392 e. The number of rotatable bonds is 4. The van der Waals surface area contributed by atoms with Gasteiger partial charge in [0.05, 0.1) is 12.0 Å². The van der Waals surface area contributed by atoms with Crippen molar-refractivity contribution in [3.63, 3.8) is 0 Å². The van der Waals surface area contributed by atoms with Crippen molar-refractivity contribution >= 4 is 0 Å². The van der Waals surface area contributed by atoms with E-state index in [1.165, 1.54) is 0 Å². The molecule has 1 aliphatic rings. The van der Waals surface area contributed by atoms with E-state index < -0.39 is 0 Å². The highest BCUT2D eigenvalue weighted by Gasteiger charge is 2.31. The molecule has 3 unspecified atom stereocenters. The van der Waals surface area contributed by atoms with Crippen LogP contribution in [0.3, 0.4) is 0 Å². The Kier molecular flexibility index (Phi) is 3.56. The Morgan fingerprint density at radius 1 is 1.56 bits per heavy atom. The summed E-state index contributed by atoms with van der Waals surface area (Å²) in [6, 6.07) is 0. The van der Waals surface area contributed by atoms with Crippen LogP contribution in [0.2, 0.25) is 0 Å². The van der Waals surface area contributed by atoms with Gasteiger partial charge in [-0.15, -0.1) is 0 Å². The quantitative estimate of drug-likeness (QED) is 0.847. The first-order chi connectivity index (χ1) is 7.72. The standard InChI is InChI=1S/C11H18N2O3/c1-3-15-7(2)10-12-11(16-13-10)8-5-4-6-9(8)14/h7-9,14H,3-6H2,1-2H3. The average molecular weight is 226 g/mol. The minimum Gasteiger partial charge on any atom is -0.392 e. The Morgan fingerprint density at radius 2 is 2.38 bits per heavy atom. The van der Waals surface area contributed by atoms with Gasteiger partial charge in [-0.1, -0.05) is 5.16 Å². The van der Waals surface area contributed by atoms with Gasteiger partial charge in [0.1, 0.15) is 6.10 Å². The second-order valence-corrected chi connectivity index (χ2v) is 4.19. The summed E-state index contributed by atoms with van der Waals surface area (Å²) in [6.07, 6.45) is 2.27. The number of aliphatic hydroxyl groups is 1. The molecule has 0 spiro atoms. The van der Waals surface area contributed by atoms with Crippen LogP contribution in [0.25, 0.3) is 0 Å². The zero-order valence-corrected chi connectivity index (χ0v) is 9.72. The molecule has 0 aliphatic heterocycles. The zero-order valence-electron chi connectivity index (χ0n) is 9.72. The van der Waals surface area contributed by atoms with E-state index in [1.807, 2.05) is 13.8 Å². The highest BCUT2D eigenvalue weighted by Crippen LogP contribution is 2.33. The van der Waals surface area contributed by atoms with Crippen molar-refractivity contribution in [3.05, 3.63) is 11.7 Å². The monoisotopic (exact) mass is 226 g/mol. The second-order valence-electron chi connectivity index (χ2n) is 4.19. The maximum absolute atomic E-state index is 9.73. The van der Waals surface area contributed by atoms with E-state index in [9.17, 15) is 5.11 Å². The lowest BCUT2D eigenvalue weighted by Crippen LogP contribution is -2.11.